The summed E-state index contributed by atoms with van der Waals surface area (Å²) in [6.07, 6.45) is 0.681. The fourth-order valence-corrected chi connectivity index (χ4v) is 4.65. The zero-order valence-electron chi connectivity index (χ0n) is 8.03. The fraction of sp³-hybridized carbons (Fsp3) is 0.200. The van der Waals surface area contributed by atoms with E-state index in [2.05, 4.69) is 0 Å². The molecular weight excluding hydrogens is 252 g/mol. The smallest absolute Gasteiger partial charge is 0.207 e. The van der Waals surface area contributed by atoms with Crippen LogP contribution in [-0.2, 0) is 15.5 Å². The summed E-state index contributed by atoms with van der Waals surface area (Å²) in [5, 5.41) is 0.731. The van der Waals surface area contributed by atoms with E-state index in [4.69, 9.17) is 10.7 Å². The number of hydrogen-bond acceptors (Lipinski definition) is 3. The Morgan fingerprint density at radius 3 is 2.60 bits per heavy atom. The molecule has 0 aliphatic carbocycles. The van der Waals surface area contributed by atoms with E-state index in [9.17, 15) is 8.42 Å². The maximum absolute atomic E-state index is 11.5. The minimum absolute atomic E-state index is 0.285. The van der Waals surface area contributed by atoms with Crippen molar-refractivity contribution in [3.05, 3.63) is 29.1 Å². The molecule has 0 N–H and O–H groups in total. The highest BCUT2D eigenvalue weighted by molar-refractivity contribution is 8.14. The first kappa shape index (κ1) is 10.9. The van der Waals surface area contributed by atoms with Crippen LogP contribution in [0.4, 0.5) is 0 Å². The van der Waals surface area contributed by atoms with E-state index in [1.54, 1.807) is 6.07 Å². The van der Waals surface area contributed by atoms with Crippen molar-refractivity contribution in [2.45, 2.75) is 18.2 Å². The van der Waals surface area contributed by atoms with Gasteiger partial charge in [-0.05, 0) is 12.5 Å². The molecule has 0 amide bonds. The van der Waals surface area contributed by atoms with E-state index in [-0.39, 0.29) is 4.90 Å². The number of hydrogen-bond donors (Lipinski definition) is 0. The van der Waals surface area contributed by atoms with Crippen LogP contribution in [0.3, 0.4) is 0 Å². The van der Waals surface area contributed by atoms with Gasteiger partial charge in [0, 0.05) is 25.6 Å². The SMILES string of the molecule is CCc1sc2ccccc2c1S(=O)(=O)Cl. The van der Waals surface area contributed by atoms with Gasteiger partial charge in [-0.25, -0.2) is 8.42 Å². The van der Waals surface area contributed by atoms with E-state index < -0.39 is 9.05 Å². The van der Waals surface area contributed by atoms with Crippen LogP contribution in [0.15, 0.2) is 29.2 Å². The van der Waals surface area contributed by atoms with Gasteiger partial charge in [0.25, 0.3) is 9.05 Å². The Morgan fingerprint density at radius 1 is 1.33 bits per heavy atom. The molecule has 0 spiro atoms. The Hall–Kier alpha value is -0.580. The largest absolute Gasteiger partial charge is 0.263 e. The molecule has 0 atom stereocenters. The molecule has 2 aromatic rings. The molecule has 15 heavy (non-hydrogen) atoms. The summed E-state index contributed by atoms with van der Waals surface area (Å²) in [6.45, 7) is 1.93. The van der Waals surface area contributed by atoms with Crippen molar-refractivity contribution in [2.24, 2.45) is 0 Å². The quantitative estimate of drug-likeness (QED) is 0.776. The van der Waals surface area contributed by atoms with Crippen molar-refractivity contribution in [3.63, 3.8) is 0 Å². The highest BCUT2D eigenvalue weighted by Crippen LogP contribution is 2.36. The number of benzene rings is 1. The first-order valence-corrected chi connectivity index (χ1v) is 7.61. The summed E-state index contributed by atoms with van der Waals surface area (Å²) >= 11 is 1.49. The van der Waals surface area contributed by atoms with Gasteiger partial charge in [0.15, 0.2) is 0 Å². The van der Waals surface area contributed by atoms with Gasteiger partial charge in [0.05, 0.1) is 0 Å². The van der Waals surface area contributed by atoms with Gasteiger partial charge in [-0.15, -0.1) is 11.3 Å². The maximum Gasteiger partial charge on any atom is 0.263 e. The van der Waals surface area contributed by atoms with Crippen LogP contribution < -0.4 is 0 Å². The highest BCUT2D eigenvalue weighted by atomic mass is 35.7. The second-order valence-corrected chi connectivity index (χ2v) is 6.78. The monoisotopic (exact) mass is 260 g/mol. The summed E-state index contributed by atoms with van der Waals surface area (Å²) in [4.78, 5) is 1.11. The predicted octanol–water partition coefficient (Wildman–Crippen LogP) is 3.39. The minimum Gasteiger partial charge on any atom is -0.207 e. The topological polar surface area (TPSA) is 34.1 Å². The molecule has 0 unspecified atom stereocenters. The molecule has 0 bridgehead atoms. The van der Waals surface area contributed by atoms with Crippen LogP contribution in [0.25, 0.3) is 10.1 Å². The van der Waals surface area contributed by atoms with Gasteiger partial charge in [0.1, 0.15) is 4.90 Å². The molecule has 1 heterocycles. The van der Waals surface area contributed by atoms with E-state index in [1.807, 2.05) is 25.1 Å². The summed E-state index contributed by atoms with van der Waals surface area (Å²) in [6, 6.07) is 7.41. The van der Waals surface area contributed by atoms with Gasteiger partial charge in [-0.2, -0.15) is 0 Å². The Bertz CT molecular complexity index is 599. The average Bonchev–Trinajstić information content (AvgIpc) is 2.54. The molecule has 2 rings (SSSR count). The van der Waals surface area contributed by atoms with Crippen molar-refractivity contribution in [1.82, 2.24) is 0 Å². The molecule has 0 saturated heterocycles. The Morgan fingerprint density at radius 2 is 2.00 bits per heavy atom. The lowest BCUT2D eigenvalue weighted by Gasteiger charge is -1.96. The molecule has 5 heteroatoms. The maximum atomic E-state index is 11.5. The third-order valence-corrected chi connectivity index (χ3v) is 5.04. The Balaban J connectivity index is 2.91. The van der Waals surface area contributed by atoms with Gasteiger partial charge in [0.2, 0.25) is 0 Å². The Labute approximate surface area is 96.9 Å². The van der Waals surface area contributed by atoms with Crippen molar-refractivity contribution in [2.75, 3.05) is 0 Å². The fourth-order valence-electron chi connectivity index (χ4n) is 1.57. The van der Waals surface area contributed by atoms with Crippen LogP contribution in [0.5, 0.6) is 0 Å². The number of aryl methyl sites for hydroxylation is 1. The second-order valence-electron chi connectivity index (χ2n) is 3.14. The third-order valence-electron chi connectivity index (χ3n) is 2.18. The predicted molar refractivity (Wildman–Crippen MR) is 64.2 cm³/mol. The van der Waals surface area contributed by atoms with Crippen LogP contribution in [-0.4, -0.2) is 8.42 Å². The van der Waals surface area contributed by atoms with Gasteiger partial charge in [-0.1, -0.05) is 25.1 Å². The third kappa shape index (κ3) is 1.89. The molecule has 80 valence electrons. The lowest BCUT2D eigenvalue weighted by atomic mass is 10.2. The van der Waals surface area contributed by atoms with Crippen molar-refractivity contribution in [3.8, 4) is 0 Å². The first-order chi connectivity index (χ1) is 7.04. The van der Waals surface area contributed by atoms with Crippen LogP contribution in [0.1, 0.15) is 11.8 Å². The van der Waals surface area contributed by atoms with Crippen molar-refractivity contribution >= 4 is 41.2 Å². The second kappa shape index (κ2) is 3.77. The van der Waals surface area contributed by atoms with E-state index >= 15 is 0 Å². The average molecular weight is 261 g/mol. The number of fused-ring (bicyclic) bond motifs is 1. The molecule has 1 aromatic carbocycles. The zero-order valence-corrected chi connectivity index (χ0v) is 10.4. The summed E-state index contributed by atoms with van der Waals surface area (Å²) in [5.74, 6) is 0. The molecule has 0 aliphatic rings. The highest BCUT2D eigenvalue weighted by Gasteiger charge is 2.20. The van der Waals surface area contributed by atoms with Gasteiger partial charge < -0.3 is 0 Å². The lowest BCUT2D eigenvalue weighted by molar-refractivity contribution is 0.610. The van der Waals surface area contributed by atoms with Gasteiger partial charge >= 0.3 is 0 Å². The summed E-state index contributed by atoms with van der Waals surface area (Å²) in [5.41, 5.74) is 0. The summed E-state index contributed by atoms with van der Waals surface area (Å²) < 4.78 is 23.9. The Kier molecular flexibility index (Phi) is 2.75. The molecule has 0 fully saturated rings. The van der Waals surface area contributed by atoms with E-state index in [0.717, 1.165) is 15.0 Å². The molecule has 1 aromatic heterocycles. The van der Waals surface area contributed by atoms with E-state index in [0.29, 0.717) is 6.42 Å². The number of halogens is 1. The molecule has 0 saturated carbocycles. The van der Waals surface area contributed by atoms with E-state index in [1.165, 1.54) is 11.3 Å². The van der Waals surface area contributed by atoms with Crippen molar-refractivity contribution < 1.29 is 8.42 Å². The minimum atomic E-state index is -3.65. The first-order valence-electron chi connectivity index (χ1n) is 4.49. The number of rotatable bonds is 2. The molecule has 0 aliphatic heterocycles. The molecule has 2 nitrogen and oxygen atoms in total. The lowest BCUT2D eigenvalue weighted by Crippen LogP contribution is -1.92. The number of thiophene rings is 1. The zero-order chi connectivity index (χ0) is 11.1. The van der Waals surface area contributed by atoms with Crippen LogP contribution in [0.2, 0.25) is 0 Å². The molecule has 0 radical (unpaired) electrons. The summed E-state index contributed by atoms with van der Waals surface area (Å²) in [7, 11) is 1.80. The molecular formula is C10H9ClO2S2. The van der Waals surface area contributed by atoms with Crippen molar-refractivity contribution in [1.29, 1.82) is 0 Å². The standard InChI is InChI=1S/C10H9ClO2S2/c1-2-8-10(15(11,12)13)7-5-3-4-6-9(7)14-8/h3-6H,2H2,1H3. The van der Waals surface area contributed by atoms with Crippen LogP contribution >= 0.6 is 22.0 Å². The van der Waals surface area contributed by atoms with Gasteiger partial charge in [-0.3, -0.25) is 0 Å². The van der Waals surface area contributed by atoms with Crippen LogP contribution in [0, 0.1) is 0 Å². The normalized spacial score (nSPS) is 12.1.